The molecule has 0 aromatic heterocycles. The van der Waals surface area contributed by atoms with Crippen molar-refractivity contribution in [1.82, 2.24) is 0 Å². The van der Waals surface area contributed by atoms with Crippen LogP contribution in [0.1, 0.15) is 40.0 Å². The predicted molar refractivity (Wildman–Crippen MR) is 67.1 cm³/mol. The van der Waals surface area contributed by atoms with Crippen LogP contribution in [0.25, 0.3) is 0 Å². The lowest BCUT2D eigenvalue weighted by molar-refractivity contribution is -0.230. The molecule has 1 rings (SSSR count). The summed E-state index contributed by atoms with van der Waals surface area (Å²) in [6.45, 7) is 6.06. The average Bonchev–Trinajstić information content (AvgIpc) is 2.27. The second-order valence-corrected chi connectivity index (χ2v) is 6.32. The van der Waals surface area contributed by atoms with Crippen LogP contribution in [0, 0.1) is 5.41 Å². The summed E-state index contributed by atoms with van der Waals surface area (Å²) in [6.07, 6.45) is -2.46. The molecule has 5 atom stereocenters. The number of aliphatic hydroxyl groups is 4. The van der Waals surface area contributed by atoms with E-state index in [9.17, 15) is 15.3 Å². The highest BCUT2D eigenvalue weighted by Gasteiger charge is 2.42. The standard InChI is InChI=1S/C13H26O5/c1-13(2,3)6-4-5-8-10(15)12(17)11(16)9(7-14)18-8/h8-12,14-17H,4-7H2,1-3H3/t8-,9-,10-,11-,12-/m1/s1. The highest BCUT2D eigenvalue weighted by atomic mass is 16.5. The third-order valence-corrected chi connectivity index (χ3v) is 3.41. The zero-order valence-corrected chi connectivity index (χ0v) is 11.4. The minimum atomic E-state index is -1.25. The minimum Gasteiger partial charge on any atom is -0.394 e. The Hall–Kier alpha value is -0.200. The quantitative estimate of drug-likeness (QED) is 0.574. The highest BCUT2D eigenvalue weighted by Crippen LogP contribution is 2.27. The fourth-order valence-corrected chi connectivity index (χ4v) is 2.25. The van der Waals surface area contributed by atoms with E-state index in [2.05, 4.69) is 20.8 Å². The molecule has 4 N–H and O–H groups in total. The highest BCUT2D eigenvalue weighted by molar-refractivity contribution is 4.91. The predicted octanol–water partition coefficient (Wildman–Crippen LogP) is 0.0452. The summed E-state index contributed by atoms with van der Waals surface area (Å²) in [5.74, 6) is 0. The molecular weight excluding hydrogens is 236 g/mol. The molecular formula is C13H26O5. The van der Waals surface area contributed by atoms with Crippen molar-refractivity contribution < 1.29 is 25.2 Å². The van der Waals surface area contributed by atoms with Crippen molar-refractivity contribution in [2.75, 3.05) is 6.61 Å². The van der Waals surface area contributed by atoms with Crippen molar-refractivity contribution in [2.24, 2.45) is 5.41 Å². The number of ether oxygens (including phenoxy) is 1. The van der Waals surface area contributed by atoms with Crippen LogP contribution in [0.2, 0.25) is 0 Å². The normalized spacial score (nSPS) is 37.8. The molecule has 0 aromatic carbocycles. The molecule has 5 nitrogen and oxygen atoms in total. The Morgan fingerprint density at radius 3 is 2.00 bits per heavy atom. The minimum absolute atomic E-state index is 0.216. The second-order valence-electron chi connectivity index (χ2n) is 6.32. The van der Waals surface area contributed by atoms with E-state index in [1.165, 1.54) is 0 Å². The van der Waals surface area contributed by atoms with E-state index in [0.717, 1.165) is 12.8 Å². The lowest BCUT2D eigenvalue weighted by Gasteiger charge is -2.40. The molecule has 0 amide bonds. The monoisotopic (exact) mass is 262 g/mol. The van der Waals surface area contributed by atoms with E-state index in [4.69, 9.17) is 9.84 Å². The Balaban J connectivity index is 2.49. The van der Waals surface area contributed by atoms with Crippen LogP contribution < -0.4 is 0 Å². The van der Waals surface area contributed by atoms with Gasteiger partial charge in [-0.25, -0.2) is 0 Å². The maximum atomic E-state index is 9.83. The Bertz CT molecular complexity index is 248. The van der Waals surface area contributed by atoms with Crippen LogP contribution in [0.4, 0.5) is 0 Å². The van der Waals surface area contributed by atoms with E-state index in [-0.39, 0.29) is 12.0 Å². The van der Waals surface area contributed by atoms with Crippen molar-refractivity contribution in [3.05, 3.63) is 0 Å². The first kappa shape index (κ1) is 15.9. The summed E-state index contributed by atoms with van der Waals surface area (Å²) in [5, 5.41) is 38.2. The molecule has 0 radical (unpaired) electrons. The van der Waals surface area contributed by atoms with Crippen molar-refractivity contribution in [1.29, 1.82) is 0 Å². The number of hydrogen-bond acceptors (Lipinski definition) is 5. The summed E-state index contributed by atoms with van der Waals surface area (Å²) in [6, 6.07) is 0. The van der Waals surface area contributed by atoms with Gasteiger partial charge in [-0.15, -0.1) is 0 Å². The van der Waals surface area contributed by atoms with Gasteiger partial charge >= 0.3 is 0 Å². The van der Waals surface area contributed by atoms with Gasteiger partial charge in [0.2, 0.25) is 0 Å². The van der Waals surface area contributed by atoms with Gasteiger partial charge in [0, 0.05) is 0 Å². The zero-order valence-electron chi connectivity index (χ0n) is 11.4. The number of rotatable bonds is 4. The van der Waals surface area contributed by atoms with Crippen molar-refractivity contribution >= 4 is 0 Å². The summed E-state index contributed by atoms with van der Waals surface area (Å²) in [5.41, 5.74) is 0.216. The molecule has 1 heterocycles. The van der Waals surface area contributed by atoms with E-state index in [0.29, 0.717) is 6.42 Å². The summed E-state index contributed by atoms with van der Waals surface area (Å²) >= 11 is 0. The molecule has 5 heteroatoms. The summed E-state index contributed by atoms with van der Waals surface area (Å²) in [7, 11) is 0. The molecule has 1 saturated heterocycles. The van der Waals surface area contributed by atoms with E-state index < -0.39 is 30.5 Å². The maximum absolute atomic E-state index is 9.83. The largest absolute Gasteiger partial charge is 0.394 e. The first-order valence-corrected chi connectivity index (χ1v) is 6.57. The van der Waals surface area contributed by atoms with Gasteiger partial charge in [-0.05, 0) is 18.3 Å². The lowest BCUT2D eigenvalue weighted by Crippen LogP contribution is -2.58. The molecule has 0 saturated carbocycles. The molecule has 18 heavy (non-hydrogen) atoms. The van der Waals surface area contributed by atoms with Crippen molar-refractivity contribution in [3.63, 3.8) is 0 Å². The molecule has 0 aromatic rings. The second kappa shape index (κ2) is 6.30. The Kier molecular flexibility index (Phi) is 5.55. The first-order chi connectivity index (χ1) is 8.26. The third kappa shape index (κ3) is 4.17. The maximum Gasteiger partial charge on any atom is 0.111 e. The third-order valence-electron chi connectivity index (χ3n) is 3.41. The van der Waals surface area contributed by atoms with Crippen LogP contribution in [0.15, 0.2) is 0 Å². The Labute approximate surface area is 108 Å². The average molecular weight is 262 g/mol. The van der Waals surface area contributed by atoms with Gasteiger partial charge in [-0.1, -0.05) is 27.2 Å². The van der Waals surface area contributed by atoms with Gasteiger partial charge in [0.25, 0.3) is 0 Å². The van der Waals surface area contributed by atoms with Crippen LogP contribution in [-0.2, 0) is 4.74 Å². The van der Waals surface area contributed by atoms with Crippen molar-refractivity contribution in [3.8, 4) is 0 Å². The Morgan fingerprint density at radius 1 is 0.944 bits per heavy atom. The topological polar surface area (TPSA) is 90.2 Å². The molecule has 0 spiro atoms. The number of aliphatic hydroxyl groups excluding tert-OH is 4. The summed E-state index contributed by atoms with van der Waals surface area (Å²) in [4.78, 5) is 0. The molecule has 1 fully saturated rings. The van der Waals surface area contributed by atoms with Gasteiger partial charge in [0.1, 0.15) is 24.4 Å². The molecule has 108 valence electrons. The van der Waals surface area contributed by atoms with Gasteiger partial charge < -0.3 is 25.2 Å². The van der Waals surface area contributed by atoms with Crippen LogP contribution >= 0.6 is 0 Å². The number of hydrogen-bond donors (Lipinski definition) is 4. The van der Waals surface area contributed by atoms with Gasteiger partial charge in [0.15, 0.2) is 0 Å². The molecule has 0 aliphatic carbocycles. The van der Waals surface area contributed by atoms with Crippen LogP contribution in [-0.4, -0.2) is 57.6 Å². The SMILES string of the molecule is CC(C)(C)CCC[C@H]1O[C@H](CO)[C@@H](O)[C@H](O)[C@@H]1O. The smallest absolute Gasteiger partial charge is 0.111 e. The lowest BCUT2D eigenvalue weighted by atomic mass is 9.87. The molecule has 0 bridgehead atoms. The Morgan fingerprint density at radius 2 is 1.50 bits per heavy atom. The van der Waals surface area contributed by atoms with Crippen molar-refractivity contribution in [2.45, 2.75) is 70.6 Å². The fraction of sp³-hybridized carbons (Fsp3) is 1.00. The zero-order chi connectivity index (χ0) is 13.9. The van der Waals surface area contributed by atoms with Gasteiger partial charge in [0.05, 0.1) is 12.7 Å². The molecule has 1 aliphatic heterocycles. The molecule has 0 unspecified atom stereocenters. The van der Waals surface area contributed by atoms with Crippen LogP contribution in [0.5, 0.6) is 0 Å². The first-order valence-electron chi connectivity index (χ1n) is 6.57. The van der Waals surface area contributed by atoms with Gasteiger partial charge in [-0.3, -0.25) is 0 Å². The van der Waals surface area contributed by atoms with E-state index in [1.54, 1.807) is 0 Å². The van der Waals surface area contributed by atoms with E-state index >= 15 is 0 Å². The van der Waals surface area contributed by atoms with E-state index in [1.807, 2.05) is 0 Å². The van der Waals surface area contributed by atoms with Gasteiger partial charge in [-0.2, -0.15) is 0 Å². The summed E-state index contributed by atoms with van der Waals surface area (Å²) < 4.78 is 5.44. The van der Waals surface area contributed by atoms with Crippen LogP contribution in [0.3, 0.4) is 0 Å². The molecule has 1 aliphatic rings. The fourth-order valence-electron chi connectivity index (χ4n) is 2.25.